The van der Waals surface area contributed by atoms with Gasteiger partial charge in [-0.2, -0.15) is 0 Å². The van der Waals surface area contributed by atoms with E-state index in [1.807, 2.05) is 35.2 Å². The van der Waals surface area contributed by atoms with Crippen LogP contribution in [0, 0.1) is 0 Å². The Kier molecular flexibility index (Phi) is 5.59. The number of nitrogens with one attached hydrogen (secondary N) is 1. The van der Waals surface area contributed by atoms with Crippen LogP contribution in [-0.4, -0.2) is 43.5 Å². The number of amides is 1. The van der Waals surface area contributed by atoms with Crippen LogP contribution in [-0.2, 0) is 4.79 Å². The number of carbonyl (C=O) groups excluding carboxylic acids is 1. The molecule has 1 aliphatic heterocycles. The first kappa shape index (κ1) is 16.7. The molecule has 2 aromatic rings. The van der Waals surface area contributed by atoms with Crippen molar-refractivity contribution in [2.45, 2.75) is 6.42 Å². The molecule has 126 valence electrons. The Balaban J connectivity index is 1.41. The van der Waals surface area contributed by atoms with Gasteiger partial charge in [0.1, 0.15) is 0 Å². The van der Waals surface area contributed by atoms with Gasteiger partial charge >= 0.3 is 0 Å². The minimum atomic E-state index is 0.212. The van der Waals surface area contributed by atoms with Gasteiger partial charge in [-0.25, -0.2) is 0 Å². The third-order valence-corrected chi connectivity index (χ3v) is 4.52. The number of hydrogen-bond acceptors (Lipinski definition) is 3. The molecule has 0 saturated carbocycles. The van der Waals surface area contributed by atoms with E-state index in [1.165, 1.54) is 5.69 Å². The topological polar surface area (TPSA) is 35.6 Å². The zero-order chi connectivity index (χ0) is 16.8. The summed E-state index contributed by atoms with van der Waals surface area (Å²) >= 11 is 5.86. The summed E-state index contributed by atoms with van der Waals surface area (Å²) in [4.78, 5) is 16.6. The molecule has 0 bridgehead atoms. The number of hydrogen-bond donors (Lipinski definition) is 1. The first-order valence-corrected chi connectivity index (χ1v) is 8.67. The van der Waals surface area contributed by atoms with Crippen LogP contribution in [0.1, 0.15) is 6.42 Å². The van der Waals surface area contributed by atoms with E-state index >= 15 is 0 Å². The molecule has 1 aliphatic rings. The summed E-state index contributed by atoms with van der Waals surface area (Å²) in [5.41, 5.74) is 2.22. The van der Waals surface area contributed by atoms with Crippen molar-refractivity contribution < 1.29 is 4.79 Å². The van der Waals surface area contributed by atoms with Crippen molar-refractivity contribution >= 4 is 28.9 Å². The van der Waals surface area contributed by atoms with Crippen molar-refractivity contribution in [1.82, 2.24) is 4.90 Å². The normalized spacial score (nSPS) is 14.5. The number of halogens is 1. The fourth-order valence-electron chi connectivity index (χ4n) is 2.89. The van der Waals surface area contributed by atoms with Crippen LogP contribution in [0.2, 0.25) is 5.02 Å². The Morgan fingerprint density at radius 2 is 1.62 bits per heavy atom. The predicted octanol–water partition coefficient (Wildman–Crippen LogP) is 3.49. The summed E-state index contributed by atoms with van der Waals surface area (Å²) in [6.07, 6.45) is 0.508. The summed E-state index contributed by atoms with van der Waals surface area (Å²) in [7, 11) is 0. The largest absolute Gasteiger partial charge is 0.385 e. The van der Waals surface area contributed by atoms with Crippen molar-refractivity contribution in [1.29, 1.82) is 0 Å². The summed E-state index contributed by atoms with van der Waals surface area (Å²) in [5, 5.41) is 3.98. The molecule has 1 N–H and O–H groups in total. The maximum Gasteiger partial charge on any atom is 0.224 e. The quantitative estimate of drug-likeness (QED) is 0.902. The van der Waals surface area contributed by atoms with E-state index in [-0.39, 0.29) is 5.91 Å². The van der Waals surface area contributed by atoms with Crippen LogP contribution < -0.4 is 10.2 Å². The number of rotatable bonds is 5. The van der Waals surface area contributed by atoms with Gasteiger partial charge in [0.15, 0.2) is 0 Å². The van der Waals surface area contributed by atoms with Crippen LogP contribution in [0.5, 0.6) is 0 Å². The number of para-hydroxylation sites is 1. The average molecular weight is 344 g/mol. The van der Waals surface area contributed by atoms with Gasteiger partial charge in [0.25, 0.3) is 0 Å². The van der Waals surface area contributed by atoms with E-state index in [9.17, 15) is 4.79 Å². The van der Waals surface area contributed by atoms with Gasteiger partial charge in [-0.1, -0.05) is 29.8 Å². The molecule has 4 nitrogen and oxygen atoms in total. The number of nitrogens with zero attached hydrogens (tertiary/aromatic N) is 2. The van der Waals surface area contributed by atoms with E-state index in [4.69, 9.17) is 11.6 Å². The fourth-order valence-corrected chi connectivity index (χ4v) is 3.02. The van der Waals surface area contributed by atoms with Gasteiger partial charge in [0.2, 0.25) is 5.91 Å². The number of anilines is 2. The first-order chi connectivity index (χ1) is 11.7. The Morgan fingerprint density at radius 3 is 2.29 bits per heavy atom. The van der Waals surface area contributed by atoms with Gasteiger partial charge in [-0.05, 0) is 36.4 Å². The lowest BCUT2D eigenvalue weighted by atomic mass is 10.2. The zero-order valence-electron chi connectivity index (χ0n) is 13.6. The van der Waals surface area contributed by atoms with E-state index in [1.54, 1.807) is 0 Å². The molecule has 0 aliphatic carbocycles. The van der Waals surface area contributed by atoms with E-state index in [2.05, 4.69) is 34.5 Å². The SMILES string of the molecule is O=C(CCNc1ccc(Cl)cc1)N1CCN(c2ccccc2)CC1. The lowest BCUT2D eigenvalue weighted by Gasteiger charge is -2.36. The lowest BCUT2D eigenvalue weighted by Crippen LogP contribution is -2.49. The van der Waals surface area contributed by atoms with E-state index in [0.717, 1.165) is 31.9 Å². The van der Waals surface area contributed by atoms with Crippen molar-refractivity contribution in [2.75, 3.05) is 42.9 Å². The van der Waals surface area contributed by atoms with Gasteiger partial charge < -0.3 is 15.1 Å². The first-order valence-electron chi connectivity index (χ1n) is 8.29. The molecular weight excluding hydrogens is 322 g/mol. The third-order valence-electron chi connectivity index (χ3n) is 4.27. The molecule has 0 unspecified atom stereocenters. The highest BCUT2D eigenvalue weighted by molar-refractivity contribution is 6.30. The number of piperazine rings is 1. The van der Waals surface area contributed by atoms with Crippen molar-refractivity contribution in [2.24, 2.45) is 0 Å². The van der Waals surface area contributed by atoms with Crippen molar-refractivity contribution in [3.63, 3.8) is 0 Å². The molecular formula is C19H22ClN3O. The molecule has 0 atom stereocenters. The second-order valence-corrected chi connectivity index (χ2v) is 6.32. The molecule has 1 heterocycles. The molecule has 5 heteroatoms. The maximum absolute atomic E-state index is 12.3. The summed E-state index contributed by atoms with van der Waals surface area (Å²) in [6.45, 7) is 3.99. The lowest BCUT2D eigenvalue weighted by molar-refractivity contribution is -0.131. The maximum atomic E-state index is 12.3. The zero-order valence-corrected chi connectivity index (χ0v) is 14.4. The fraction of sp³-hybridized carbons (Fsp3) is 0.316. The van der Waals surface area contributed by atoms with Crippen LogP contribution in [0.3, 0.4) is 0 Å². The monoisotopic (exact) mass is 343 g/mol. The molecule has 0 spiro atoms. The molecule has 0 aromatic heterocycles. The minimum Gasteiger partial charge on any atom is -0.385 e. The highest BCUT2D eigenvalue weighted by Gasteiger charge is 2.20. The number of carbonyl (C=O) groups is 1. The summed E-state index contributed by atoms with van der Waals surface area (Å²) in [5.74, 6) is 0.212. The molecule has 1 fully saturated rings. The highest BCUT2D eigenvalue weighted by Crippen LogP contribution is 2.16. The molecule has 1 amide bonds. The third kappa shape index (κ3) is 4.42. The Hall–Kier alpha value is -2.20. The van der Waals surface area contributed by atoms with Gasteiger partial charge in [-0.3, -0.25) is 4.79 Å². The minimum absolute atomic E-state index is 0.212. The molecule has 24 heavy (non-hydrogen) atoms. The van der Waals surface area contributed by atoms with E-state index < -0.39 is 0 Å². The molecule has 3 rings (SSSR count). The second-order valence-electron chi connectivity index (χ2n) is 5.89. The smallest absolute Gasteiger partial charge is 0.224 e. The summed E-state index contributed by atoms with van der Waals surface area (Å²) in [6, 6.07) is 17.9. The van der Waals surface area contributed by atoms with E-state index in [0.29, 0.717) is 18.0 Å². The number of benzene rings is 2. The highest BCUT2D eigenvalue weighted by atomic mass is 35.5. The van der Waals surface area contributed by atoms with Crippen LogP contribution >= 0.6 is 11.6 Å². The van der Waals surface area contributed by atoms with Crippen molar-refractivity contribution in [3.05, 3.63) is 59.6 Å². The Bertz CT molecular complexity index is 652. The van der Waals surface area contributed by atoms with Gasteiger partial charge in [0, 0.05) is 55.5 Å². The van der Waals surface area contributed by atoms with Gasteiger partial charge in [0.05, 0.1) is 0 Å². The predicted molar refractivity (Wildman–Crippen MR) is 99.8 cm³/mol. The molecule has 1 saturated heterocycles. The van der Waals surface area contributed by atoms with Crippen LogP contribution in [0.25, 0.3) is 0 Å². The second kappa shape index (κ2) is 8.06. The van der Waals surface area contributed by atoms with Crippen molar-refractivity contribution in [3.8, 4) is 0 Å². The Morgan fingerprint density at radius 1 is 0.958 bits per heavy atom. The standard InChI is InChI=1S/C19H22ClN3O/c20-16-6-8-17(9-7-16)21-11-10-19(24)23-14-12-22(13-15-23)18-4-2-1-3-5-18/h1-9,21H,10-15H2. The van der Waals surface area contributed by atoms with Crippen LogP contribution in [0.4, 0.5) is 11.4 Å². The van der Waals surface area contributed by atoms with Gasteiger partial charge in [-0.15, -0.1) is 0 Å². The summed E-state index contributed by atoms with van der Waals surface area (Å²) < 4.78 is 0. The molecule has 0 radical (unpaired) electrons. The average Bonchev–Trinajstić information content (AvgIpc) is 2.64. The molecule has 2 aromatic carbocycles. The Labute approximate surface area is 148 Å². The van der Waals surface area contributed by atoms with Crippen LogP contribution in [0.15, 0.2) is 54.6 Å².